The molecule has 3 heterocycles. The van der Waals surface area contributed by atoms with Crippen LogP contribution in [-0.2, 0) is 24.2 Å². The summed E-state index contributed by atoms with van der Waals surface area (Å²) in [4.78, 5) is 33.7. The van der Waals surface area contributed by atoms with Crippen molar-refractivity contribution in [2.24, 2.45) is 0 Å². The van der Waals surface area contributed by atoms with Gasteiger partial charge >= 0.3 is 0 Å². The molecule has 0 fully saturated rings. The lowest BCUT2D eigenvalue weighted by Crippen LogP contribution is -2.34. The molecular formula is C36H35N7O3. The lowest BCUT2D eigenvalue weighted by molar-refractivity contribution is -0.119. The Balaban J connectivity index is 1.46. The van der Waals surface area contributed by atoms with Crippen LogP contribution >= 0.6 is 0 Å². The lowest BCUT2D eigenvalue weighted by Gasteiger charge is -2.23. The van der Waals surface area contributed by atoms with Crippen LogP contribution in [0.1, 0.15) is 57.8 Å². The zero-order valence-corrected chi connectivity index (χ0v) is 25.7. The van der Waals surface area contributed by atoms with Crippen LogP contribution in [0, 0.1) is 0 Å². The van der Waals surface area contributed by atoms with E-state index in [1.165, 1.54) is 6.92 Å². The molecule has 2 atom stereocenters. The van der Waals surface area contributed by atoms with Crippen molar-refractivity contribution in [2.45, 2.75) is 38.4 Å². The number of para-hydroxylation sites is 1. The van der Waals surface area contributed by atoms with Gasteiger partial charge in [-0.1, -0.05) is 66.7 Å². The van der Waals surface area contributed by atoms with Crippen molar-refractivity contribution in [3.8, 4) is 5.75 Å². The first-order valence-corrected chi connectivity index (χ1v) is 15.1. The van der Waals surface area contributed by atoms with Crippen LogP contribution in [0.5, 0.6) is 5.75 Å². The van der Waals surface area contributed by atoms with E-state index in [2.05, 4.69) is 31.8 Å². The number of rotatable bonds is 12. The Hall–Kier alpha value is -5.77. The largest absolute Gasteiger partial charge is 0.497 e. The molecule has 0 aliphatic heterocycles. The number of nitrogens with zero attached hydrogens (tertiary/aromatic N) is 4. The van der Waals surface area contributed by atoms with E-state index in [9.17, 15) is 9.59 Å². The average Bonchev–Trinajstić information content (AvgIpc) is 3.69. The third-order valence-electron chi connectivity index (χ3n) is 7.89. The molecule has 0 radical (unpaired) electrons. The average molecular weight is 614 g/mol. The van der Waals surface area contributed by atoms with Crippen molar-refractivity contribution in [3.63, 3.8) is 0 Å². The summed E-state index contributed by atoms with van der Waals surface area (Å²) in [6.07, 6.45) is 4.50. The van der Waals surface area contributed by atoms with Crippen molar-refractivity contribution >= 4 is 22.7 Å². The standard InChI is InChI=1S/C36H35N7O3/c1-24(44)39-32(20-25-10-4-3-5-11-25)34-41-42-35(43(34)23-26-15-17-28(46-2)18-16-26)33(40-36(45)31-14-8-9-19-37-31)21-27-22-38-30-13-7-6-12-29(27)30/h3-19,22,32-33,38H,20-21,23H2,1-2H3,(H,39,44)(H,40,45)/t32-,33+/m0/s1. The Morgan fingerprint density at radius 3 is 2.20 bits per heavy atom. The number of carbonyl (C=O) groups excluding carboxylic acids is 2. The molecule has 46 heavy (non-hydrogen) atoms. The summed E-state index contributed by atoms with van der Waals surface area (Å²) in [7, 11) is 1.63. The minimum Gasteiger partial charge on any atom is -0.497 e. The number of aromatic nitrogens is 5. The fourth-order valence-electron chi connectivity index (χ4n) is 5.68. The number of nitrogens with one attached hydrogen (secondary N) is 3. The highest BCUT2D eigenvalue weighted by atomic mass is 16.5. The number of pyridine rings is 1. The van der Waals surface area contributed by atoms with Crippen molar-refractivity contribution < 1.29 is 14.3 Å². The summed E-state index contributed by atoms with van der Waals surface area (Å²) in [6.45, 7) is 1.90. The highest BCUT2D eigenvalue weighted by Crippen LogP contribution is 2.28. The summed E-state index contributed by atoms with van der Waals surface area (Å²) in [5, 5.41) is 16.7. The van der Waals surface area contributed by atoms with Gasteiger partial charge < -0.3 is 24.9 Å². The van der Waals surface area contributed by atoms with Gasteiger partial charge in [0.1, 0.15) is 11.4 Å². The van der Waals surface area contributed by atoms with E-state index in [1.54, 1.807) is 31.5 Å². The van der Waals surface area contributed by atoms with Gasteiger partial charge in [0.25, 0.3) is 5.91 Å². The van der Waals surface area contributed by atoms with Crippen LogP contribution < -0.4 is 15.4 Å². The van der Waals surface area contributed by atoms with Crippen LogP contribution in [0.4, 0.5) is 0 Å². The van der Waals surface area contributed by atoms with Gasteiger partial charge in [0.05, 0.1) is 25.7 Å². The Kier molecular flexibility index (Phi) is 9.14. The van der Waals surface area contributed by atoms with Gasteiger partial charge in [0, 0.05) is 36.6 Å². The molecule has 0 saturated carbocycles. The maximum atomic E-state index is 13.6. The molecule has 3 aromatic heterocycles. The van der Waals surface area contributed by atoms with E-state index in [0.717, 1.165) is 33.3 Å². The fraction of sp³-hybridized carbons (Fsp3) is 0.194. The molecular weight excluding hydrogens is 578 g/mol. The molecule has 6 aromatic rings. The van der Waals surface area contributed by atoms with E-state index in [1.807, 2.05) is 83.6 Å². The molecule has 3 aromatic carbocycles. The molecule has 0 aliphatic carbocycles. The van der Waals surface area contributed by atoms with Gasteiger partial charge in [0.15, 0.2) is 11.6 Å². The molecule has 3 N–H and O–H groups in total. The molecule has 0 saturated heterocycles. The van der Waals surface area contributed by atoms with E-state index < -0.39 is 12.1 Å². The molecule has 0 unspecified atom stereocenters. The molecule has 10 heteroatoms. The number of hydrogen-bond acceptors (Lipinski definition) is 6. The minimum absolute atomic E-state index is 0.180. The second kappa shape index (κ2) is 13.9. The van der Waals surface area contributed by atoms with Crippen LogP contribution in [-0.4, -0.2) is 43.7 Å². The van der Waals surface area contributed by atoms with Gasteiger partial charge in [-0.15, -0.1) is 10.2 Å². The first-order valence-electron chi connectivity index (χ1n) is 15.1. The third-order valence-corrected chi connectivity index (χ3v) is 7.89. The van der Waals surface area contributed by atoms with E-state index in [0.29, 0.717) is 36.7 Å². The lowest BCUT2D eigenvalue weighted by atomic mass is 10.0. The first-order chi connectivity index (χ1) is 22.5. The summed E-state index contributed by atoms with van der Waals surface area (Å²) in [6, 6.07) is 29.9. The van der Waals surface area contributed by atoms with Gasteiger partial charge in [0.2, 0.25) is 5.91 Å². The highest BCUT2D eigenvalue weighted by molar-refractivity contribution is 5.92. The number of ether oxygens (including phenoxy) is 1. The van der Waals surface area contributed by atoms with Crippen molar-refractivity contribution in [2.75, 3.05) is 7.11 Å². The zero-order valence-electron chi connectivity index (χ0n) is 25.7. The Bertz CT molecular complexity index is 1920. The van der Waals surface area contributed by atoms with Crippen molar-refractivity contribution in [3.05, 3.63) is 143 Å². The van der Waals surface area contributed by atoms with Crippen LogP contribution in [0.25, 0.3) is 10.9 Å². The third kappa shape index (κ3) is 6.96. The number of carbonyl (C=O) groups is 2. The Labute approximate surface area is 266 Å². The molecule has 0 spiro atoms. The number of hydrogen-bond donors (Lipinski definition) is 3. The topological polar surface area (TPSA) is 127 Å². The van der Waals surface area contributed by atoms with Crippen molar-refractivity contribution in [1.82, 2.24) is 35.4 Å². The Morgan fingerprint density at radius 2 is 1.50 bits per heavy atom. The highest BCUT2D eigenvalue weighted by Gasteiger charge is 2.29. The smallest absolute Gasteiger partial charge is 0.270 e. The van der Waals surface area contributed by atoms with Gasteiger partial charge in [-0.3, -0.25) is 14.6 Å². The maximum Gasteiger partial charge on any atom is 0.270 e. The zero-order chi connectivity index (χ0) is 31.9. The van der Waals surface area contributed by atoms with Crippen LogP contribution in [0.3, 0.4) is 0 Å². The van der Waals surface area contributed by atoms with Crippen molar-refractivity contribution in [1.29, 1.82) is 0 Å². The first kappa shape index (κ1) is 30.3. The summed E-state index contributed by atoms with van der Waals surface area (Å²) >= 11 is 0. The number of benzene rings is 3. The van der Waals surface area contributed by atoms with Crippen LogP contribution in [0.2, 0.25) is 0 Å². The maximum absolute atomic E-state index is 13.6. The molecule has 0 aliphatic rings. The molecule has 0 bridgehead atoms. The van der Waals surface area contributed by atoms with Gasteiger partial charge in [-0.25, -0.2) is 0 Å². The molecule has 2 amide bonds. The summed E-state index contributed by atoms with van der Waals surface area (Å²) < 4.78 is 7.39. The number of methoxy groups -OCH3 is 1. The van der Waals surface area contributed by atoms with E-state index >= 15 is 0 Å². The molecule has 232 valence electrons. The predicted octanol–water partition coefficient (Wildman–Crippen LogP) is 5.35. The number of aromatic amines is 1. The minimum atomic E-state index is -0.581. The quantitative estimate of drug-likeness (QED) is 0.171. The number of amides is 2. The molecule has 10 nitrogen and oxygen atoms in total. The normalized spacial score (nSPS) is 12.4. The second-order valence-corrected chi connectivity index (χ2v) is 11.1. The summed E-state index contributed by atoms with van der Waals surface area (Å²) in [5.41, 5.74) is 4.34. The van der Waals surface area contributed by atoms with Gasteiger partial charge in [-0.05, 0) is 53.4 Å². The SMILES string of the molecule is COc1ccc(Cn2c([C@H](Cc3ccccc3)NC(C)=O)nnc2[C@@H](Cc2c[nH]c3ccccc23)NC(=O)c2ccccn2)cc1. The number of H-pyrrole nitrogens is 1. The second-order valence-electron chi connectivity index (χ2n) is 11.1. The van der Waals surface area contributed by atoms with Gasteiger partial charge in [-0.2, -0.15) is 0 Å². The van der Waals surface area contributed by atoms with E-state index in [-0.39, 0.29) is 11.8 Å². The molecule has 6 rings (SSSR count). The van der Waals surface area contributed by atoms with Crippen LogP contribution in [0.15, 0.2) is 109 Å². The predicted molar refractivity (Wildman–Crippen MR) is 175 cm³/mol. The fourth-order valence-corrected chi connectivity index (χ4v) is 5.68. The number of fused-ring (bicyclic) bond motifs is 1. The monoisotopic (exact) mass is 613 g/mol. The Morgan fingerprint density at radius 1 is 0.804 bits per heavy atom. The van der Waals surface area contributed by atoms with E-state index in [4.69, 9.17) is 9.84 Å². The summed E-state index contributed by atoms with van der Waals surface area (Å²) in [5.74, 6) is 1.38.